The number of halogens is 1. The molecule has 0 saturated heterocycles. The van der Waals surface area contributed by atoms with E-state index in [-0.39, 0.29) is 5.91 Å². The van der Waals surface area contributed by atoms with E-state index in [1.807, 2.05) is 25.1 Å². The average Bonchev–Trinajstić information content (AvgIpc) is 2.44. The van der Waals surface area contributed by atoms with Crippen LogP contribution in [0.3, 0.4) is 0 Å². The standard InChI is InChI=1S/C16H22BrNO/c1-3-18(13-8-5-4-6-9-13)16(19)14-10-7-11-15(17)12(14)2/h7,10-11,13H,3-6,8-9H2,1-2H3. The third kappa shape index (κ3) is 3.19. The first-order valence-corrected chi connectivity index (χ1v) is 8.00. The topological polar surface area (TPSA) is 20.3 Å². The summed E-state index contributed by atoms with van der Waals surface area (Å²) in [6.45, 7) is 4.89. The molecule has 2 rings (SSSR count). The second-order valence-corrected chi connectivity index (χ2v) is 6.15. The third-order valence-electron chi connectivity index (χ3n) is 4.12. The smallest absolute Gasteiger partial charge is 0.254 e. The molecule has 0 aromatic heterocycles. The van der Waals surface area contributed by atoms with Crippen LogP contribution in [0.25, 0.3) is 0 Å². The van der Waals surface area contributed by atoms with Crippen molar-refractivity contribution in [1.29, 1.82) is 0 Å². The molecule has 1 aliphatic carbocycles. The maximum Gasteiger partial charge on any atom is 0.254 e. The zero-order valence-electron chi connectivity index (χ0n) is 11.8. The Kier molecular flexibility index (Phi) is 5.03. The van der Waals surface area contributed by atoms with Gasteiger partial charge in [-0.15, -0.1) is 0 Å². The van der Waals surface area contributed by atoms with Gasteiger partial charge in [-0.3, -0.25) is 4.79 Å². The number of carbonyl (C=O) groups excluding carboxylic acids is 1. The fraction of sp³-hybridized carbons (Fsp3) is 0.562. The lowest BCUT2D eigenvalue weighted by molar-refractivity contribution is 0.0647. The number of hydrogen-bond acceptors (Lipinski definition) is 1. The van der Waals surface area contributed by atoms with Crippen LogP contribution in [0.4, 0.5) is 0 Å². The molecule has 1 amide bonds. The maximum absolute atomic E-state index is 12.8. The highest BCUT2D eigenvalue weighted by Gasteiger charge is 2.25. The van der Waals surface area contributed by atoms with Crippen molar-refractivity contribution in [2.24, 2.45) is 0 Å². The van der Waals surface area contributed by atoms with Crippen molar-refractivity contribution in [2.75, 3.05) is 6.54 Å². The molecular weight excluding hydrogens is 302 g/mol. The lowest BCUT2D eigenvalue weighted by atomic mass is 9.93. The summed E-state index contributed by atoms with van der Waals surface area (Å²) < 4.78 is 1.01. The molecule has 0 spiro atoms. The summed E-state index contributed by atoms with van der Waals surface area (Å²) in [7, 11) is 0. The number of hydrogen-bond donors (Lipinski definition) is 0. The molecule has 1 aromatic rings. The SMILES string of the molecule is CCN(C(=O)c1cccc(Br)c1C)C1CCCCC1. The molecule has 2 nitrogen and oxygen atoms in total. The minimum Gasteiger partial charge on any atom is -0.336 e. The van der Waals surface area contributed by atoms with Crippen LogP contribution in [0.1, 0.15) is 54.9 Å². The summed E-state index contributed by atoms with van der Waals surface area (Å²) in [5.41, 5.74) is 1.88. The Morgan fingerprint density at radius 2 is 2.00 bits per heavy atom. The van der Waals surface area contributed by atoms with Crippen LogP contribution >= 0.6 is 15.9 Å². The fourth-order valence-corrected chi connectivity index (χ4v) is 3.32. The number of benzene rings is 1. The van der Waals surface area contributed by atoms with Crippen molar-refractivity contribution < 1.29 is 4.79 Å². The highest BCUT2D eigenvalue weighted by atomic mass is 79.9. The minimum atomic E-state index is 0.188. The van der Waals surface area contributed by atoms with Gasteiger partial charge in [-0.1, -0.05) is 41.3 Å². The molecule has 0 aliphatic heterocycles. The molecule has 1 fully saturated rings. The molecule has 19 heavy (non-hydrogen) atoms. The zero-order chi connectivity index (χ0) is 13.8. The van der Waals surface area contributed by atoms with E-state index in [1.165, 1.54) is 19.3 Å². The Balaban J connectivity index is 2.22. The van der Waals surface area contributed by atoms with E-state index < -0.39 is 0 Å². The summed E-state index contributed by atoms with van der Waals surface area (Å²) in [6.07, 6.45) is 6.15. The molecule has 0 heterocycles. The molecule has 0 bridgehead atoms. The molecule has 104 valence electrons. The van der Waals surface area contributed by atoms with E-state index in [2.05, 4.69) is 27.8 Å². The van der Waals surface area contributed by atoms with Crippen LogP contribution < -0.4 is 0 Å². The van der Waals surface area contributed by atoms with Gasteiger partial charge in [0.25, 0.3) is 5.91 Å². The predicted molar refractivity (Wildman–Crippen MR) is 82.5 cm³/mol. The Labute approximate surface area is 124 Å². The van der Waals surface area contributed by atoms with Crippen molar-refractivity contribution >= 4 is 21.8 Å². The van der Waals surface area contributed by atoms with Gasteiger partial charge < -0.3 is 4.90 Å². The first kappa shape index (κ1) is 14.6. The van der Waals surface area contributed by atoms with Crippen molar-refractivity contribution in [1.82, 2.24) is 4.90 Å². The van der Waals surface area contributed by atoms with Gasteiger partial charge in [0, 0.05) is 22.6 Å². The fourth-order valence-electron chi connectivity index (χ4n) is 2.95. The molecular formula is C16H22BrNO. The molecule has 0 N–H and O–H groups in total. The van der Waals surface area contributed by atoms with Crippen LogP contribution in [0.2, 0.25) is 0 Å². The van der Waals surface area contributed by atoms with Gasteiger partial charge in [-0.25, -0.2) is 0 Å². The van der Waals surface area contributed by atoms with Crippen molar-refractivity contribution in [2.45, 2.75) is 52.0 Å². The number of amides is 1. The van der Waals surface area contributed by atoms with Gasteiger partial charge in [0.05, 0.1) is 0 Å². The highest BCUT2D eigenvalue weighted by molar-refractivity contribution is 9.10. The van der Waals surface area contributed by atoms with Crippen LogP contribution in [0.15, 0.2) is 22.7 Å². The van der Waals surface area contributed by atoms with Crippen molar-refractivity contribution in [3.05, 3.63) is 33.8 Å². The van der Waals surface area contributed by atoms with E-state index in [9.17, 15) is 4.79 Å². The van der Waals surface area contributed by atoms with Gasteiger partial charge >= 0.3 is 0 Å². The summed E-state index contributed by atoms with van der Waals surface area (Å²) in [5, 5.41) is 0. The highest BCUT2D eigenvalue weighted by Crippen LogP contribution is 2.26. The molecule has 0 unspecified atom stereocenters. The zero-order valence-corrected chi connectivity index (χ0v) is 13.4. The Bertz CT molecular complexity index is 452. The first-order chi connectivity index (χ1) is 9.15. The molecule has 1 aliphatic rings. The van der Waals surface area contributed by atoms with Gasteiger partial charge in [0.15, 0.2) is 0 Å². The lowest BCUT2D eigenvalue weighted by Crippen LogP contribution is -2.41. The van der Waals surface area contributed by atoms with Crippen LogP contribution in [0.5, 0.6) is 0 Å². The maximum atomic E-state index is 12.8. The monoisotopic (exact) mass is 323 g/mol. The lowest BCUT2D eigenvalue weighted by Gasteiger charge is -2.34. The van der Waals surface area contributed by atoms with E-state index >= 15 is 0 Å². The molecule has 0 atom stereocenters. The Hall–Kier alpha value is -0.830. The number of rotatable bonds is 3. The van der Waals surface area contributed by atoms with Gasteiger partial charge in [-0.2, -0.15) is 0 Å². The normalized spacial score (nSPS) is 16.4. The summed E-state index contributed by atoms with van der Waals surface area (Å²) in [4.78, 5) is 14.8. The van der Waals surface area contributed by atoms with Crippen LogP contribution in [0, 0.1) is 6.92 Å². The molecule has 0 radical (unpaired) electrons. The van der Waals surface area contributed by atoms with Gasteiger partial charge in [0.2, 0.25) is 0 Å². The summed E-state index contributed by atoms with van der Waals surface area (Å²) in [6, 6.07) is 6.31. The number of carbonyl (C=O) groups is 1. The van der Waals surface area contributed by atoms with Crippen LogP contribution in [-0.4, -0.2) is 23.4 Å². The van der Waals surface area contributed by atoms with E-state index in [0.29, 0.717) is 6.04 Å². The summed E-state index contributed by atoms with van der Waals surface area (Å²) >= 11 is 3.51. The minimum absolute atomic E-state index is 0.188. The van der Waals surface area contributed by atoms with E-state index in [1.54, 1.807) is 0 Å². The largest absolute Gasteiger partial charge is 0.336 e. The van der Waals surface area contributed by atoms with E-state index in [4.69, 9.17) is 0 Å². The molecule has 1 saturated carbocycles. The van der Waals surface area contributed by atoms with Gasteiger partial charge in [-0.05, 0) is 44.4 Å². The second kappa shape index (κ2) is 6.56. The second-order valence-electron chi connectivity index (χ2n) is 5.30. The van der Waals surface area contributed by atoms with Gasteiger partial charge in [0.1, 0.15) is 0 Å². The Morgan fingerprint density at radius 1 is 1.32 bits per heavy atom. The first-order valence-electron chi connectivity index (χ1n) is 7.21. The van der Waals surface area contributed by atoms with E-state index in [0.717, 1.165) is 35.0 Å². The average molecular weight is 324 g/mol. The van der Waals surface area contributed by atoms with Crippen molar-refractivity contribution in [3.63, 3.8) is 0 Å². The number of nitrogens with zero attached hydrogens (tertiary/aromatic N) is 1. The molecule has 3 heteroatoms. The predicted octanol–water partition coefficient (Wildman–Crippen LogP) is 4.55. The third-order valence-corrected chi connectivity index (χ3v) is 4.97. The molecule has 1 aromatic carbocycles. The quantitative estimate of drug-likeness (QED) is 0.798. The van der Waals surface area contributed by atoms with Crippen molar-refractivity contribution in [3.8, 4) is 0 Å². The summed E-state index contributed by atoms with van der Waals surface area (Å²) in [5.74, 6) is 0.188. The Morgan fingerprint density at radius 3 is 2.63 bits per heavy atom. The van der Waals surface area contributed by atoms with Crippen LogP contribution in [-0.2, 0) is 0 Å².